The lowest BCUT2D eigenvalue weighted by Crippen LogP contribution is -2.45. The molecule has 86 heavy (non-hydrogen) atoms. The summed E-state index contributed by atoms with van der Waals surface area (Å²) in [5, 5.41) is 22.7. The Morgan fingerprint density at radius 2 is 0.733 bits per heavy atom. The predicted octanol–water partition coefficient (Wildman–Crippen LogP) is 5.35. The lowest BCUT2D eigenvalue weighted by Gasteiger charge is -2.27. The number of nitrogens with zero attached hydrogens (tertiary/aromatic N) is 3. The lowest BCUT2D eigenvalue weighted by molar-refractivity contribution is -0.146. The Morgan fingerprint density at radius 1 is 0.430 bits per heavy atom. The maximum atomic E-state index is 12.8. The number of nitrogens with one attached hydrogen (secondary N) is 4. The predicted molar refractivity (Wildman–Crippen MR) is 331 cm³/mol. The second-order valence-corrected chi connectivity index (χ2v) is 22.6. The topological polar surface area (TPSA) is 220 Å². The van der Waals surface area contributed by atoms with Gasteiger partial charge < -0.3 is 69.2 Å². The minimum absolute atomic E-state index is 0.0625. The normalized spacial score (nSPS) is 14.1. The van der Waals surface area contributed by atoms with Gasteiger partial charge in [0, 0.05) is 122 Å². The molecule has 2 aliphatic heterocycles. The summed E-state index contributed by atoms with van der Waals surface area (Å²) < 4.78 is 45.2. The van der Waals surface area contributed by atoms with Crippen molar-refractivity contribution in [1.82, 2.24) is 36.0 Å². The fourth-order valence-corrected chi connectivity index (χ4v) is 10.0. The average Bonchev–Trinajstić information content (AvgIpc) is 3.73. The zero-order valence-electron chi connectivity index (χ0n) is 51.6. The summed E-state index contributed by atoms with van der Waals surface area (Å²) in [5.74, 6) is 1.51. The number of unbranched alkanes of at least 4 members (excludes halogenated alkanes) is 1. The number of aliphatic hydroxyl groups is 1. The highest BCUT2D eigenvalue weighted by Crippen LogP contribution is 2.35. The number of ether oxygens (including phenoxy) is 8. The van der Waals surface area contributed by atoms with Crippen LogP contribution in [0, 0.1) is 0 Å². The van der Waals surface area contributed by atoms with E-state index < -0.39 is 0 Å². The largest absolute Gasteiger partial charge is 0.490 e. The summed E-state index contributed by atoms with van der Waals surface area (Å²) in [6, 6.07) is 31.6. The molecule has 2 heterocycles. The molecule has 0 bridgehead atoms. The fraction of sp³-hybridized carbons (Fsp3) is 0.576. The van der Waals surface area contributed by atoms with Gasteiger partial charge in [-0.2, -0.15) is 0 Å². The van der Waals surface area contributed by atoms with E-state index in [0.29, 0.717) is 81.4 Å². The molecular weight excluding hydrogens is 1100 g/mol. The van der Waals surface area contributed by atoms with Crippen molar-refractivity contribution in [2.45, 2.75) is 77.0 Å². The molecule has 0 spiro atoms. The summed E-state index contributed by atoms with van der Waals surface area (Å²) in [5.41, 5.74) is 3.79. The third-order valence-corrected chi connectivity index (χ3v) is 15.6. The van der Waals surface area contributed by atoms with Crippen LogP contribution in [-0.4, -0.2) is 214 Å². The van der Waals surface area contributed by atoms with Crippen molar-refractivity contribution in [1.29, 1.82) is 0 Å². The van der Waals surface area contributed by atoms with Crippen LogP contribution in [0.4, 0.5) is 0 Å². The molecule has 0 atom stereocenters. The van der Waals surface area contributed by atoms with Crippen LogP contribution in [0.3, 0.4) is 0 Å². The van der Waals surface area contributed by atoms with Crippen LogP contribution in [0.2, 0.25) is 0 Å². The molecule has 0 radical (unpaired) electrons. The second-order valence-electron chi connectivity index (χ2n) is 22.6. The zero-order valence-corrected chi connectivity index (χ0v) is 51.6. The molecule has 0 unspecified atom stereocenters. The first-order chi connectivity index (χ1) is 41.8. The number of carbonyl (C=O) groups is 4. The van der Waals surface area contributed by atoms with Gasteiger partial charge in [0.2, 0.25) is 0 Å². The minimum Gasteiger partial charge on any atom is -0.490 e. The van der Waals surface area contributed by atoms with E-state index in [4.69, 9.17) is 37.9 Å². The molecule has 5 N–H and O–H groups in total. The number of carbonyl (C=O) groups excluding carboxylic acids is 4. The molecule has 474 valence electrons. The molecule has 4 aromatic carbocycles. The molecule has 4 aromatic rings. The van der Waals surface area contributed by atoms with Crippen LogP contribution >= 0.6 is 0 Å². The Balaban J connectivity index is 0.787. The average molecular weight is 1200 g/mol. The number of hydrogen-bond acceptors (Lipinski definition) is 20. The van der Waals surface area contributed by atoms with Crippen LogP contribution in [0.25, 0.3) is 0 Å². The number of esters is 4. The third-order valence-electron chi connectivity index (χ3n) is 15.6. The quantitative estimate of drug-likeness (QED) is 0.0215. The Morgan fingerprint density at radius 3 is 1.03 bits per heavy atom. The number of piperazine rings is 2. The van der Waals surface area contributed by atoms with Crippen molar-refractivity contribution in [2.24, 2.45) is 0 Å². The summed E-state index contributed by atoms with van der Waals surface area (Å²) in [4.78, 5) is 56.7. The van der Waals surface area contributed by atoms with Crippen molar-refractivity contribution in [3.63, 3.8) is 0 Å². The molecule has 0 amide bonds. The van der Waals surface area contributed by atoms with Crippen molar-refractivity contribution in [3.8, 4) is 23.0 Å². The Bertz CT molecular complexity index is 2370. The molecule has 20 heteroatoms. The van der Waals surface area contributed by atoms with E-state index in [1.807, 2.05) is 102 Å². The summed E-state index contributed by atoms with van der Waals surface area (Å²) >= 11 is 0. The number of benzene rings is 4. The van der Waals surface area contributed by atoms with Crippen molar-refractivity contribution in [2.75, 3.05) is 171 Å². The highest BCUT2D eigenvalue weighted by atomic mass is 16.6. The van der Waals surface area contributed by atoms with E-state index in [2.05, 4.69) is 58.8 Å². The summed E-state index contributed by atoms with van der Waals surface area (Å²) in [7, 11) is 0. The number of aliphatic hydroxyl groups excluding tert-OH is 1. The van der Waals surface area contributed by atoms with Crippen molar-refractivity contribution < 1.29 is 62.2 Å². The number of hydrogen-bond donors (Lipinski definition) is 5. The van der Waals surface area contributed by atoms with E-state index in [1.165, 1.54) is 0 Å². The van der Waals surface area contributed by atoms with Crippen LogP contribution in [0.15, 0.2) is 97.1 Å². The van der Waals surface area contributed by atoms with Crippen molar-refractivity contribution >= 4 is 23.9 Å². The van der Waals surface area contributed by atoms with E-state index in [9.17, 15) is 24.3 Å². The van der Waals surface area contributed by atoms with Gasteiger partial charge in [-0.25, -0.2) is 0 Å². The highest BCUT2D eigenvalue weighted by molar-refractivity contribution is 5.71. The van der Waals surface area contributed by atoms with Crippen molar-refractivity contribution in [3.05, 3.63) is 119 Å². The third kappa shape index (κ3) is 25.9. The first-order valence-corrected chi connectivity index (χ1v) is 30.9. The van der Waals surface area contributed by atoms with E-state index in [-0.39, 0.29) is 107 Å². The van der Waals surface area contributed by atoms with E-state index >= 15 is 0 Å². The molecule has 2 aliphatic rings. The maximum absolute atomic E-state index is 12.8. The SMILES string of the molecule is CC(C)(c1ccc(OCCOC(=O)CCNCCN2CCNCC2)cc1)c1ccc(OCCOC(=O)CCN(CCCCO)CCC(=O)OCCOc2ccc(C(C)(C)c3ccc(OCCOC(=O)CCNCCN4CCNCC4)cc3)cc2)cc1. The lowest BCUT2D eigenvalue weighted by atomic mass is 9.78. The van der Waals surface area contributed by atoms with Gasteiger partial charge in [-0.1, -0.05) is 76.2 Å². The molecule has 0 saturated carbocycles. The van der Waals surface area contributed by atoms with Gasteiger partial charge in [0.1, 0.15) is 75.9 Å². The van der Waals surface area contributed by atoms with Crippen LogP contribution < -0.4 is 40.2 Å². The van der Waals surface area contributed by atoms with Crippen LogP contribution in [0.5, 0.6) is 23.0 Å². The first-order valence-electron chi connectivity index (χ1n) is 30.9. The fourth-order valence-electron chi connectivity index (χ4n) is 10.0. The van der Waals surface area contributed by atoms with Gasteiger partial charge in [-0.3, -0.25) is 29.0 Å². The number of rotatable bonds is 42. The van der Waals surface area contributed by atoms with Gasteiger partial charge in [0.05, 0.1) is 25.7 Å². The van der Waals surface area contributed by atoms with Gasteiger partial charge in [0.15, 0.2) is 0 Å². The molecule has 2 saturated heterocycles. The van der Waals surface area contributed by atoms with Gasteiger partial charge in [0.25, 0.3) is 0 Å². The zero-order chi connectivity index (χ0) is 61.1. The second kappa shape index (κ2) is 38.7. The molecule has 0 aromatic heterocycles. The molecule has 6 rings (SSSR count). The maximum Gasteiger partial charge on any atom is 0.307 e. The molecule has 20 nitrogen and oxygen atoms in total. The molecule has 2 fully saturated rings. The monoisotopic (exact) mass is 1200 g/mol. The van der Waals surface area contributed by atoms with Gasteiger partial charge in [-0.05, 0) is 90.2 Å². The Labute approximate surface area is 510 Å². The minimum atomic E-state index is -0.366. The smallest absolute Gasteiger partial charge is 0.307 e. The van der Waals surface area contributed by atoms with Crippen LogP contribution in [0.1, 0.15) is 88.5 Å². The molecule has 0 aliphatic carbocycles. The standard InChI is InChI=1S/C66H97N7O13/c1-65(2,53-7-15-57(16-8-53)79-45-49-83-61(75)23-27-67-29-38-72-40-31-69-32-41-72)55-11-19-59(20-12-55)81-47-51-85-63(77)25-36-71(35-5-6-44-74)37-26-64(78)86-52-48-82-60-21-13-56(14-22-60)66(3,4)54-9-17-58(18-10-54)80-46-50-84-62(76)24-28-68-30-39-73-42-33-70-34-43-73/h7-22,67-70,74H,5-6,23-52H2,1-4H3. The molecular formula is C66H97N7O13. The highest BCUT2D eigenvalue weighted by Gasteiger charge is 2.25. The summed E-state index contributed by atoms with van der Waals surface area (Å²) in [6.45, 7) is 24.7. The van der Waals surface area contributed by atoms with Crippen LogP contribution in [-0.2, 0) is 49.0 Å². The van der Waals surface area contributed by atoms with Gasteiger partial charge in [-0.15, -0.1) is 0 Å². The van der Waals surface area contributed by atoms with E-state index in [1.54, 1.807) is 0 Å². The van der Waals surface area contributed by atoms with E-state index in [0.717, 1.165) is 101 Å². The Hall–Kier alpha value is -6.36. The first kappa shape index (κ1) is 68.7. The Kier molecular flexibility index (Phi) is 31.0. The van der Waals surface area contributed by atoms with Gasteiger partial charge >= 0.3 is 23.9 Å². The summed E-state index contributed by atoms with van der Waals surface area (Å²) in [6.07, 6.45) is 2.25.